The molecule has 0 bridgehead atoms. The third kappa shape index (κ3) is 103. The van der Waals surface area contributed by atoms with Crippen molar-refractivity contribution in [2.75, 3.05) is 0 Å². The van der Waals surface area contributed by atoms with Crippen molar-refractivity contribution in [1.82, 2.24) is 0 Å². The van der Waals surface area contributed by atoms with Gasteiger partial charge in [-0.05, 0) is 0 Å². The van der Waals surface area contributed by atoms with Gasteiger partial charge in [0, 0.05) is 360 Å². The molecule has 15 heavy (non-hydrogen) atoms. The van der Waals surface area contributed by atoms with Gasteiger partial charge in [0.15, 0.2) is 0 Å². The summed E-state index contributed by atoms with van der Waals surface area (Å²) in [6, 6.07) is 0. The van der Waals surface area contributed by atoms with Gasteiger partial charge < -0.3 is 21.8 Å². The summed E-state index contributed by atoms with van der Waals surface area (Å²) < 4.78 is 0. The van der Waals surface area contributed by atoms with Crippen LogP contribution in [0.15, 0.2) is 0 Å². The minimum absolute atomic E-state index is 0. The molecule has 0 aliphatic rings. The number of hydrogen-bond acceptors (Lipinski definition) is 0. The third-order valence-electron chi connectivity index (χ3n) is 0. The third-order valence-corrected chi connectivity index (χ3v) is 0. The van der Waals surface area contributed by atoms with Gasteiger partial charge in [0.05, 0.1) is 0 Å². The topological polar surface area (TPSA) is 0 Å². The van der Waals surface area contributed by atoms with E-state index in [0.29, 0.717) is 0 Å². The van der Waals surface area contributed by atoms with E-state index in [4.69, 9.17) is 0 Å². The molecular weight excluding hydrogens is 1030 g/mol. The van der Waals surface area contributed by atoms with Gasteiger partial charge in [-0.25, -0.2) is 0 Å². The van der Waals surface area contributed by atoms with Crippen LogP contribution in [0.4, 0.5) is 0 Å². The first kappa shape index (κ1) is 107. The Labute approximate surface area is 375 Å². The second-order valence-electron chi connectivity index (χ2n) is 0. The Morgan fingerprint density at radius 3 is 0.333 bits per heavy atom. The van der Waals surface area contributed by atoms with Crippen molar-refractivity contribution in [2.24, 2.45) is 0 Å². The quantitative estimate of drug-likeness (QED) is 0.325. The summed E-state index contributed by atoms with van der Waals surface area (Å²) in [6.45, 7) is 5.00. The number of hydrogen-bond donors (Lipinski definition) is 0. The van der Waals surface area contributed by atoms with Crippen molar-refractivity contribution < 1.29 is 360 Å². The predicted molar refractivity (Wildman–Crippen MR) is 23.9 cm³/mol. The van der Waals surface area contributed by atoms with Crippen LogP contribution < -0.4 is 0 Å². The molecule has 0 nitrogen and oxygen atoms in total. The molecule has 0 N–H and O–H groups in total. The van der Waals surface area contributed by atoms with E-state index >= 15 is 0 Å². The Morgan fingerprint density at radius 2 is 0.333 bits per heavy atom. The first-order chi connectivity index (χ1) is 1.00. The first-order valence-electron chi connectivity index (χ1n) is 0.707. The molecule has 0 heterocycles. The molecule has 0 aromatic rings. The number of rotatable bonds is 0. The fraction of sp³-hybridized carbons (Fsp3) is 0.250. The van der Waals surface area contributed by atoms with Crippen molar-refractivity contribution in [3.63, 3.8) is 0 Å². The van der Waals surface area contributed by atoms with Gasteiger partial charge in [-0.3, -0.25) is 0 Å². The van der Waals surface area contributed by atoms with E-state index in [1.807, 2.05) is 0 Å². The standard InChI is InChI=1S/C2H5.2CH3.11Y/c1-2;;;;;;;;;;;;;/h1H2,2H3;2*1H3;;;;;;;;;;;/q3*-1;;;;;;;;;;;. The Balaban J connectivity index is -0.0000000000641. The van der Waals surface area contributed by atoms with E-state index in [0.717, 1.165) is 0 Å². The first-order valence-corrected chi connectivity index (χ1v) is 0.707. The fourth-order valence-corrected chi connectivity index (χ4v) is 0. The molecule has 0 rings (SSSR count). The van der Waals surface area contributed by atoms with Crippen LogP contribution >= 0.6 is 0 Å². The summed E-state index contributed by atoms with van der Waals surface area (Å²) in [4.78, 5) is 0. The van der Waals surface area contributed by atoms with Crippen molar-refractivity contribution in [2.45, 2.75) is 6.92 Å². The summed E-state index contributed by atoms with van der Waals surface area (Å²) in [5.41, 5.74) is 0. The van der Waals surface area contributed by atoms with Crippen LogP contribution in [-0.4, -0.2) is 0 Å². The van der Waals surface area contributed by atoms with Gasteiger partial charge in [0.1, 0.15) is 0 Å². The molecule has 0 saturated heterocycles. The van der Waals surface area contributed by atoms with Crippen LogP contribution in [0.5, 0.6) is 0 Å². The van der Waals surface area contributed by atoms with E-state index in [2.05, 4.69) is 6.92 Å². The maximum absolute atomic E-state index is 3.25. The Morgan fingerprint density at radius 1 is 0.333 bits per heavy atom. The average Bonchev–Trinajstić information content (AvgIpc) is 1.00. The van der Waals surface area contributed by atoms with Crippen LogP contribution in [0, 0.1) is 21.8 Å². The largest absolute Gasteiger partial charge is 0.358 e. The maximum atomic E-state index is 3.25. The SMILES string of the molecule is [CH2-]C.[CH3-].[CH3-].[Y].[Y].[Y].[Y].[Y].[Y].[Y].[Y].[Y].[Y].[Y]. The van der Waals surface area contributed by atoms with E-state index < -0.39 is 0 Å². The Hall–Kier alpha value is 12.1. The molecule has 0 amide bonds. The van der Waals surface area contributed by atoms with E-state index in [-0.39, 0.29) is 375 Å². The molecule has 0 aromatic carbocycles. The van der Waals surface area contributed by atoms with E-state index in [9.17, 15) is 0 Å². The van der Waals surface area contributed by atoms with Gasteiger partial charge in [-0.1, -0.05) is 0 Å². The molecule has 0 spiro atoms. The molecule has 11 radical (unpaired) electrons. The molecule has 0 fully saturated rings. The fourth-order valence-electron chi connectivity index (χ4n) is 0. The molecule has 63 valence electrons. The predicted octanol–water partition coefficient (Wildman–Crippen LogP) is 1.71. The maximum Gasteiger partial charge on any atom is 0 e. The molecule has 11 heteroatoms. The monoisotopic (exact) mass is 1040 g/mol. The zero-order valence-electron chi connectivity index (χ0n) is 10.1. The molecule has 0 aliphatic carbocycles. The van der Waals surface area contributed by atoms with Crippen LogP contribution in [-0.2, 0) is 360 Å². The normalized spacial score (nSPS) is 0.400. The van der Waals surface area contributed by atoms with Crippen LogP contribution in [0.3, 0.4) is 0 Å². The zero-order chi connectivity index (χ0) is 2.00. The minimum Gasteiger partial charge on any atom is -0.358 e. The van der Waals surface area contributed by atoms with Crippen molar-refractivity contribution in [1.29, 1.82) is 0 Å². The zero-order valence-corrected chi connectivity index (χ0v) is 41.3. The summed E-state index contributed by atoms with van der Waals surface area (Å²) in [7, 11) is 0. The summed E-state index contributed by atoms with van der Waals surface area (Å²) in [5.74, 6) is 0. The van der Waals surface area contributed by atoms with E-state index in [1.54, 1.807) is 6.92 Å². The summed E-state index contributed by atoms with van der Waals surface area (Å²) in [5, 5.41) is 0. The second-order valence-corrected chi connectivity index (χ2v) is 0. The van der Waals surface area contributed by atoms with Crippen molar-refractivity contribution in [3.8, 4) is 0 Å². The Kier molecular flexibility index (Phi) is 802. The molecule has 0 aromatic heterocycles. The van der Waals surface area contributed by atoms with Gasteiger partial charge in [0.25, 0.3) is 0 Å². The van der Waals surface area contributed by atoms with E-state index in [1.165, 1.54) is 0 Å². The summed E-state index contributed by atoms with van der Waals surface area (Å²) in [6.07, 6.45) is 0. The molecule has 0 aliphatic heterocycles. The van der Waals surface area contributed by atoms with Crippen LogP contribution in [0.2, 0.25) is 0 Å². The second kappa shape index (κ2) is 112. The van der Waals surface area contributed by atoms with Gasteiger partial charge in [-0.15, -0.1) is 0 Å². The average molecular weight is 1040 g/mol. The van der Waals surface area contributed by atoms with Crippen LogP contribution in [0.25, 0.3) is 0 Å². The molecule has 0 saturated carbocycles. The smallest absolute Gasteiger partial charge is 0 e. The molecule has 0 atom stereocenters. The minimum atomic E-state index is 0. The Bertz CT molecular complexity index is 12.5. The van der Waals surface area contributed by atoms with Gasteiger partial charge in [0.2, 0.25) is 0 Å². The molecular formula is C4H11Y11-3. The van der Waals surface area contributed by atoms with Crippen molar-refractivity contribution in [3.05, 3.63) is 21.8 Å². The summed E-state index contributed by atoms with van der Waals surface area (Å²) >= 11 is 0. The van der Waals surface area contributed by atoms with Crippen molar-refractivity contribution >= 4 is 0 Å². The van der Waals surface area contributed by atoms with Gasteiger partial charge >= 0.3 is 0 Å². The van der Waals surface area contributed by atoms with Gasteiger partial charge in [-0.2, -0.15) is 6.92 Å². The van der Waals surface area contributed by atoms with Crippen LogP contribution in [0.1, 0.15) is 6.92 Å². The molecule has 0 unspecified atom stereocenters.